The molecule has 0 fully saturated rings. The molecule has 4 rings (SSSR count). The van der Waals surface area contributed by atoms with E-state index in [9.17, 15) is 14.0 Å². The Bertz CT molecular complexity index is 1030. The lowest BCUT2D eigenvalue weighted by Crippen LogP contribution is -2.35. The van der Waals surface area contributed by atoms with Crippen LogP contribution < -0.4 is 5.32 Å². The van der Waals surface area contributed by atoms with Gasteiger partial charge in [-0.1, -0.05) is 0 Å². The molecule has 0 saturated carbocycles. The summed E-state index contributed by atoms with van der Waals surface area (Å²) in [5.41, 5.74) is 2.61. The summed E-state index contributed by atoms with van der Waals surface area (Å²) < 4.78 is 25.4. The summed E-state index contributed by atoms with van der Waals surface area (Å²) in [6.07, 6.45) is 2.91. The summed E-state index contributed by atoms with van der Waals surface area (Å²) in [7, 11) is 0. The van der Waals surface area contributed by atoms with E-state index in [1.807, 2.05) is 0 Å². The number of amides is 1. The number of nitrogens with one attached hydrogen (secondary N) is 1. The molecular weight excluding hydrogens is 377 g/mol. The predicted octanol–water partition coefficient (Wildman–Crippen LogP) is 2.95. The lowest BCUT2D eigenvalue weighted by molar-refractivity contribution is -0.129. The highest BCUT2D eigenvalue weighted by atomic mass is 19.1. The second kappa shape index (κ2) is 7.90. The minimum absolute atomic E-state index is 0.201. The highest BCUT2D eigenvalue weighted by Gasteiger charge is 2.29. The highest BCUT2D eigenvalue weighted by Crippen LogP contribution is 2.28. The minimum atomic E-state index is -0.981. The average Bonchev–Trinajstić information content (AvgIpc) is 3.44. The van der Waals surface area contributed by atoms with Crippen molar-refractivity contribution in [3.05, 3.63) is 71.2 Å². The second-order valence-electron chi connectivity index (χ2n) is 6.86. The van der Waals surface area contributed by atoms with Crippen LogP contribution in [0.5, 0.6) is 0 Å². The largest absolute Gasteiger partial charge is 0.467 e. The van der Waals surface area contributed by atoms with Crippen molar-refractivity contribution in [2.75, 3.05) is 0 Å². The number of benzene rings is 1. The Balaban J connectivity index is 1.48. The van der Waals surface area contributed by atoms with Crippen LogP contribution in [0.4, 0.5) is 4.39 Å². The molecule has 8 heteroatoms. The first-order valence-electron chi connectivity index (χ1n) is 9.40. The van der Waals surface area contributed by atoms with Crippen LogP contribution in [0.25, 0.3) is 5.69 Å². The number of furan rings is 1. The number of fused-ring (bicyclic) bond motifs is 1. The third-order valence-corrected chi connectivity index (χ3v) is 4.86. The number of carbonyl (C=O) groups excluding carboxylic acids is 2. The normalized spacial score (nSPS) is 13.7. The molecule has 2 heterocycles. The lowest BCUT2D eigenvalue weighted by atomic mass is 10.2. The molecular formula is C21H20FN3O4. The molecule has 7 nitrogen and oxygen atoms in total. The third kappa shape index (κ3) is 3.91. The predicted molar refractivity (Wildman–Crippen MR) is 101 cm³/mol. The standard InChI is InChI=1S/C21H20FN3O4/c1-13(20(26)23-12-16-4-3-11-28-16)29-21(27)19-17-5-2-6-18(17)25(24-19)15-9-7-14(22)8-10-15/h3-4,7-11,13H,2,5-6,12H2,1H3,(H,23,26). The summed E-state index contributed by atoms with van der Waals surface area (Å²) >= 11 is 0. The number of rotatable bonds is 6. The lowest BCUT2D eigenvalue weighted by Gasteiger charge is -2.12. The van der Waals surface area contributed by atoms with Gasteiger partial charge < -0.3 is 14.5 Å². The Morgan fingerprint density at radius 1 is 1.28 bits per heavy atom. The van der Waals surface area contributed by atoms with Gasteiger partial charge in [-0.15, -0.1) is 0 Å². The molecule has 1 atom stereocenters. The zero-order valence-electron chi connectivity index (χ0n) is 15.9. The topological polar surface area (TPSA) is 86.4 Å². The fraction of sp³-hybridized carbons (Fsp3) is 0.286. The van der Waals surface area contributed by atoms with Gasteiger partial charge >= 0.3 is 5.97 Å². The number of carbonyl (C=O) groups is 2. The Morgan fingerprint density at radius 3 is 2.79 bits per heavy atom. The van der Waals surface area contributed by atoms with Crippen molar-refractivity contribution in [3.8, 4) is 5.69 Å². The minimum Gasteiger partial charge on any atom is -0.467 e. The molecule has 150 valence electrons. The van der Waals surface area contributed by atoms with Crippen molar-refractivity contribution in [1.29, 1.82) is 0 Å². The van der Waals surface area contributed by atoms with E-state index in [0.29, 0.717) is 17.9 Å². The van der Waals surface area contributed by atoms with Crippen molar-refractivity contribution < 1.29 is 23.1 Å². The Morgan fingerprint density at radius 2 is 2.07 bits per heavy atom. The fourth-order valence-electron chi connectivity index (χ4n) is 3.40. The van der Waals surface area contributed by atoms with Gasteiger partial charge in [0.2, 0.25) is 0 Å². The first-order chi connectivity index (χ1) is 14.0. The first-order valence-corrected chi connectivity index (χ1v) is 9.40. The highest BCUT2D eigenvalue weighted by molar-refractivity contribution is 5.92. The van der Waals surface area contributed by atoms with Crippen molar-refractivity contribution in [1.82, 2.24) is 15.1 Å². The zero-order valence-corrected chi connectivity index (χ0v) is 15.9. The van der Waals surface area contributed by atoms with Crippen molar-refractivity contribution in [2.45, 2.75) is 38.8 Å². The molecule has 1 aliphatic carbocycles. The van der Waals surface area contributed by atoms with Crippen LogP contribution in [0.15, 0.2) is 47.1 Å². The van der Waals surface area contributed by atoms with E-state index < -0.39 is 18.0 Å². The molecule has 29 heavy (non-hydrogen) atoms. The SMILES string of the molecule is CC(OC(=O)c1nn(-c2ccc(F)cc2)c2c1CCC2)C(=O)NCc1ccco1. The van der Waals surface area contributed by atoms with Gasteiger partial charge in [-0.25, -0.2) is 13.9 Å². The van der Waals surface area contributed by atoms with Crippen LogP contribution in [0, 0.1) is 5.82 Å². The summed E-state index contributed by atoms with van der Waals surface area (Å²) in [5, 5.41) is 7.06. The van der Waals surface area contributed by atoms with Crippen molar-refractivity contribution >= 4 is 11.9 Å². The van der Waals surface area contributed by atoms with E-state index in [0.717, 1.165) is 24.1 Å². The molecule has 2 aromatic heterocycles. The monoisotopic (exact) mass is 397 g/mol. The number of hydrogen-bond acceptors (Lipinski definition) is 5. The molecule has 0 saturated heterocycles. The van der Waals surface area contributed by atoms with Crippen LogP contribution in [-0.2, 0) is 28.9 Å². The van der Waals surface area contributed by atoms with Gasteiger partial charge in [0, 0.05) is 11.3 Å². The van der Waals surface area contributed by atoms with E-state index in [2.05, 4.69) is 10.4 Å². The number of nitrogens with zero attached hydrogens (tertiary/aromatic N) is 2. The molecule has 1 N–H and O–H groups in total. The van der Waals surface area contributed by atoms with Gasteiger partial charge in [-0.05, 0) is 62.6 Å². The van der Waals surface area contributed by atoms with Gasteiger partial charge in [0.15, 0.2) is 11.8 Å². The Labute approximate surface area is 166 Å². The Kier molecular flexibility index (Phi) is 5.16. The van der Waals surface area contributed by atoms with Crippen LogP contribution in [0.1, 0.15) is 40.9 Å². The van der Waals surface area contributed by atoms with E-state index in [-0.39, 0.29) is 18.1 Å². The maximum absolute atomic E-state index is 13.2. The molecule has 0 bridgehead atoms. The first kappa shape index (κ1) is 18.9. The third-order valence-electron chi connectivity index (χ3n) is 4.86. The molecule has 0 aliphatic heterocycles. The maximum atomic E-state index is 13.2. The van der Waals surface area contributed by atoms with Crippen LogP contribution in [0.2, 0.25) is 0 Å². The quantitative estimate of drug-likeness (QED) is 0.647. The molecule has 1 aromatic carbocycles. The van der Waals surface area contributed by atoms with E-state index in [1.165, 1.54) is 25.3 Å². The van der Waals surface area contributed by atoms with Crippen LogP contribution in [0.3, 0.4) is 0 Å². The number of ether oxygens (including phenoxy) is 1. The number of esters is 1. The van der Waals surface area contributed by atoms with Gasteiger partial charge in [-0.2, -0.15) is 5.10 Å². The van der Waals surface area contributed by atoms with Gasteiger partial charge in [0.1, 0.15) is 11.6 Å². The molecule has 0 radical (unpaired) electrons. The van der Waals surface area contributed by atoms with Gasteiger partial charge in [0.05, 0.1) is 18.5 Å². The average molecular weight is 397 g/mol. The summed E-state index contributed by atoms with van der Waals surface area (Å²) in [4.78, 5) is 24.9. The van der Waals surface area contributed by atoms with Gasteiger partial charge in [0.25, 0.3) is 5.91 Å². The molecule has 1 aliphatic rings. The molecule has 1 amide bonds. The summed E-state index contributed by atoms with van der Waals surface area (Å²) in [6.45, 7) is 1.72. The second-order valence-corrected chi connectivity index (χ2v) is 6.86. The van der Waals surface area contributed by atoms with Crippen LogP contribution >= 0.6 is 0 Å². The maximum Gasteiger partial charge on any atom is 0.359 e. The van der Waals surface area contributed by atoms with E-state index >= 15 is 0 Å². The molecule has 0 spiro atoms. The van der Waals surface area contributed by atoms with Crippen molar-refractivity contribution in [2.24, 2.45) is 0 Å². The van der Waals surface area contributed by atoms with E-state index in [1.54, 1.807) is 28.9 Å². The van der Waals surface area contributed by atoms with Crippen molar-refractivity contribution in [3.63, 3.8) is 0 Å². The number of halogens is 1. The molecule has 1 unspecified atom stereocenters. The zero-order chi connectivity index (χ0) is 20.4. The molecule has 3 aromatic rings. The fourth-order valence-corrected chi connectivity index (χ4v) is 3.40. The summed E-state index contributed by atoms with van der Waals surface area (Å²) in [6, 6.07) is 9.39. The van der Waals surface area contributed by atoms with Gasteiger partial charge in [-0.3, -0.25) is 4.79 Å². The summed E-state index contributed by atoms with van der Waals surface area (Å²) in [5.74, 6) is -0.812. The number of hydrogen-bond donors (Lipinski definition) is 1. The van der Waals surface area contributed by atoms with Crippen LogP contribution in [-0.4, -0.2) is 27.8 Å². The van der Waals surface area contributed by atoms with E-state index in [4.69, 9.17) is 9.15 Å². The number of aromatic nitrogens is 2. The Hall–Kier alpha value is -3.42. The smallest absolute Gasteiger partial charge is 0.359 e.